The van der Waals surface area contributed by atoms with Crippen LogP contribution in [0.4, 0.5) is 0 Å². The van der Waals surface area contributed by atoms with Gasteiger partial charge in [0.05, 0.1) is 7.11 Å². The maximum atomic E-state index is 12.1. The van der Waals surface area contributed by atoms with E-state index in [1.54, 1.807) is 29.4 Å². The third kappa shape index (κ3) is 5.35. The van der Waals surface area contributed by atoms with Gasteiger partial charge in [-0.1, -0.05) is 30.3 Å². The van der Waals surface area contributed by atoms with Crippen molar-refractivity contribution in [2.45, 2.75) is 12.8 Å². The zero-order chi connectivity index (χ0) is 17.4. The zero-order valence-corrected chi connectivity index (χ0v) is 14.7. The summed E-state index contributed by atoms with van der Waals surface area (Å²) in [6.07, 6.45) is 4.32. The van der Waals surface area contributed by atoms with Crippen molar-refractivity contribution in [3.05, 3.63) is 53.4 Å². The molecule has 1 aromatic carbocycles. The third-order valence-electron chi connectivity index (χ3n) is 3.55. The number of rotatable bonds is 7. The van der Waals surface area contributed by atoms with E-state index < -0.39 is 0 Å². The average molecular weight is 343 g/mol. The van der Waals surface area contributed by atoms with E-state index in [4.69, 9.17) is 0 Å². The van der Waals surface area contributed by atoms with Gasteiger partial charge in [-0.3, -0.25) is 9.59 Å². The van der Waals surface area contributed by atoms with Gasteiger partial charge in [-0.05, 0) is 30.2 Å². The van der Waals surface area contributed by atoms with Gasteiger partial charge < -0.3 is 9.64 Å². The molecule has 0 spiro atoms. The minimum atomic E-state index is -0.251. The Kier molecular flexibility index (Phi) is 6.75. The third-order valence-corrected chi connectivity index (χ3v) is 4.65. The van der Waals surface area contributed by atoms with Crippen LogP contribution in [0.3, 0.4) is 0 Å². The first-order valence-corrected chi connectivity index (χ1v) is 8.57. The van der Waals surface area contributed by atoms with Crippen LogP contribution in [0.5, 0.6) is 0 Å². The minimum absolute atomic E-state index is 0.0745. The van der Waals surface area contributed by atoms with Crippen LogP contribution < -0.4 is 0 Å². The molecule has 0 saturated carbocycles. The molecule has 1 amide bonds. The van der Waals surface area contributed by atoms with E-state index in [0.717, 1.165) is 4.88 Å². The summed E-state index contributed by atoms with van der Waals surface area (Å²) in [6, 6.07) is 14.2. The Balaban J connectivity index is 1.87. The van der Waals surface area contributed by atoms with Crippen LogP contribution in [-0.4, -0.2) is 37.5 Å². The highest BCUT2D eigenvalue weighted by Crippen LogP contribution is 2.28. The molecule has 0 atom stereocenters. The van der Waals surface area contributed by atoms with Gasteiger partial charge in [-0.25, -0.2) is 0 Å². The molecule has 0 radical (unpaired) electrons. The van der Waals surface area contributed by atoms with Crippen molar-refractivity contribution in [3.8, 4) is 10.4 Å². The number of ether oxygens (including phenoxy) is 1. The molecule has 0 aliphatic rings. The van der Waals surface area contributed by atoms with E-state index in [9.17, 15) is 9.59 Å². The van der Waals surface area contributed by atoms with Gasteiger partial charge in [-0.15, -0.1) is 11.3 Å². The summed E-state index contributed by atoms with van der Waals surface area (Å²) in [5.41, 5.74) is 1.17. The molecule has 126 valence electrons. The Morgan fingerprint density at radius 3 is 2.62 bits per heavy atom. The summed E-state index contributed by atoms with van der Waals surface area (Å²) in [7, 11) is 3.10. The number of amides is 1. The van der Waals surface area contributed by atoms with Gasteiger partial charge in [0, 0.05) is 35.8 Å². The average Bonchev–Trinajstić information content (AvgIpc) is 3.09. The molecule has 1 heterocycles. The fourth-order valence-corrected chi connectivity index (χ4v) is 3.07. The molecule has 2 rings (SSSR count). The quantitative estimate of drug-likeness (QED) is 0.567. The van der Waals surface area contributed by atoms with Crippen molar-refractivity contribution in [1.29, 1.82) is 0 Å². The Bertz CT molecular complexity index is 706. The second kappa shape index (κ2) is 9.03. The number of hydrogen-bond donors (Lipinski definition) is 0. The number of hydrogen-bond acceptors (Lipinski definition) is 4. The molecule has 24 heavy (non-hydrogen) atoms. The Morgan fingerprint density at radius 2 is 1.92 bits per heavy atom. The van der Waals surface area contributed by atoms with Crippen LogP contribution in [-0.2, 0) is 14.3 Å². The van der Waals surface area contributed by atoms with Gasteiger partial charge in [0.25, 0.3) is 0 Å². The smallest absolute Gasteiger partial charge is 0.305 e. The fourth-order valence-electron chi connectivity index (χ4n) is 2.15. The summed E-state index contributed by atoms with van der Waals surface area (Å²) in [6.45, 7) is 0.526. The van der Waals surface area contributed by atoms with Crippen molar-refractivity contribution in [1.82, 2.24) is 4.90 Å². The number of carbonyl (C=O) groups is 2. The lowest BCUT2D eigenvalue weighted by Gasteiger charge is -2.14. The lowest BCUT2D eigenvalue weighted by molar-refractivity contribution is -0.141. The highest BCUT2D eigenvalue weighted by atomic mass is 32.1. The van der Waals surface area contributed by atoms with Crippen LogP contribution in [0.1, 0.15) is 17.7 Å². The predicted molar refractivity (Wildman–Crippen MR) is 97.7 cm³/mol. The largest absolute Gasteiger partial charge is 0.469 e. The molecular formula is C19H21NO3S. The van der Waals surface area contributed by atoms with Gasteiger partial charge in [-0.2, -0.15) is 0 Å². The van der Waals surface area contributed by atoms with Crippen LogP contribution in [0.15, 0.2) is 48.5 Å². The highest BCUT2D eigenvalue weighted by Gasteiger charge is 2.07. The molecule has 0 fully saturated rings. The predicted octanol–water partition coefficient (Wildman–Crippen LogP) is 3.84. The summed E-state index contributed by atoms with van der Waals surface area (Å²) in [5.74, 6) is -0.326. The molecule has 0 saturated heterocycles. The van der Waals surface area contributed by atoms with E-state index in [1.807, 2.05) is 30.3 Å². The summed E-state index contributed by atoms with van der Waals surface area (Å²) >= 11 is 1.65. The Labute approximate surface area is 146 Å². The van der Waals surface area contributed by atoms with Gasteiger partial charge in [0.15, 0.2) is 0 Å². The van der Waals surface area contributed by atoms with Gasteiger partial charge >= 0.3 is 5.97 Å². The molecule has 0 bridgehead atoms. The van der Waals surface area contributed by atoms with E-state index in [-0.39, 0.29) is 11.9 Å². The van der Waals surface area contributed by atoms with Crippen molar-refractivity contribution in [3.63, 3.8) is 0 Å². The standard InChI is InChI=1S/C19H21NO3S/c1-20(14-6-9-19(22)23-2)18(21)13-11-16-10-12-17(24-16)15-7-4-3-5-8-15/h3-5,7-8,10-13H,6,9,14H2,1-2H3/b13-11+. The van der Waals surface area contributed by atoms with Crippen LogP contribution in [0, 0.1) is 0 Å². The van der Waals surface area contributed by atoms with Gasteiger partial charge in [0.1, 0.15) is 0 Å². The SMILES string of the molecule is COC(=O)CCCN(C)C(=O)/C=C/c1ccc(-c2ccccc2)s1. The van der Waals surface area contributed by atoms with E-state index in [1.165, 1.54) is 17.6 Å². The first kappa shape index (κ1) is 17.9. The second-order valence-corrected chi connectivity index (χ2v) is 6.46. The molecule has 2 aromatic rings. The molecule has 0 N–H and O–H groups in total. The van der Waals surface area contributed by atoms with Gasteiger partial charge in [0.2, 0.25) is 5.91 Å². The molecule has 0 unspecified atom stereocenters. The maximum absolute atomic E-state index is 12.1. The number of carbonyl (C=O) groups excluding carboxylic acids is 2. The number of esters is 1. The fraction of sp³-hybridized carbons (Fsp3) is 0.263. The van der Waals surface area contributed by atoms with Crippen molar-refractivity contribution < 1.29 is 14.3 Å². The van der Waals surface area contributed by atoms with Crippen LogP contribution in [0.25, 0.3) is 16.5 Å². The molecule has 1 aromatic heterocycles. The first-order valence-electron chi connectivity index (χ1n) is 7.75. The van der Waals surface area contributed by atoms with E-state index in [0.29, 0.717) is 19.4 Å². The topological polar surface area (TPSA) is 46.6 Å². The number of likely N-dealkylation sites (N-methyl/N-ethyl adjacent to an activating group) is 1. The molecule has 4 nitrogen and oxygen atoms in total. The molecule has 0 aliphatic carbocycles. The Hall–Kier alpha value is -2.40. The van der Waals surface area contributed by atoms with Crippen molar-refractivity contribution in [2.24, 2.45) is 0 Å². The minimum Gasteiger partial charge on any atom is -0.469 e. The summed E-state index contributed by atoms with van der Waals surface area (Å²) in [5, 5.41) is 0. The van der Waals surface area contributed by atoms with Crippen molar-refractivity contribution in [2.75, 3.05) is 20.7 Å². The van der Waals surface area contributed by atoms with E-state index in [2.05, 4.69) is 22.9 Å². The van der Waals surface area contributed by atoms with Crippen LogP contribution >= 0.6 is 11.3 Å². The summed E-state index contributed by atoms with van der Waals surface area (Å²) in [4.78, 5) is 26.9. The first-order chi connectivity index (χ1) is 11.6. The zero-order valence-electron chi connectivity index (χ0n) is 13.9. The molecule has 5 heteroatoms. The number of nitrogens with zero attached hydrogens (tertiary/aromatic N) is 1. The Morgan fingerprint density at radius 1 is 1.17 bits per heavy atom. The second-order valence-electron chi connectivity index (χ2n) is 5.34. The van der Waals surface area contributed by atoms with Crippen LogP contribution in [0.2, 0.25) is 0 Å². The van der Waals surface area contributed by atoms with Crippen molar-refractivity contribution >= 4 is 29.3 Å². The monoisotopic (exact) mass is 343 g/mol. The maximum Gasteiger partial charge on any atom is 0.305 e. The molecular weight excluding hydrogens is 322 g/mol. The number of benzene rings is 1. The highest BCUT2D eigenvalue weighted by molar-refractivity contribution is 7.16. The lowest BCUT2D eigenvalue weighted by Crippen LogP contribution is -2.26. The van der Waals surface area contributed by atoms with E-state index >= 15 is 0 Å². The molecule has 0 aliphatic heterocycles. The lowest BCUT2D eigenvalue weighted by atomic mass is 10.2. The summed E-state index contributed by atoms with van der Waals surface area (Å²) < 4.78 is 4.58. The number of methoxy groups -OCH3 is 1. The normalized spacial score (nSPS) is 10.8. The number of thiophene rings is 1.